The number of piperazine rings is 1. The van der Waals surface area contributed by atoms with Crippen LogP contribution in [0, 0.1) is 11.7 Å². The highest BCUT2D eigenvalue weighted by molar-refractivity contribution is 7.71. The SMILES string of the molecule is Cc1ccc(Cl)cc1N1CCN(C(=O)c2ccc3c(c2)[nH]c(=S)n2c4ccccc4nc32)CC1. The number of fused-ring (bicyclic) bond motifs is 5. The van der Waals surface area contributed by atoms with Crippen LogP contribution >= 0.6 is 23.8 Å². The van der Waals surface area contributed by atoms with Crippen molar-refractivity contribution >= 4 is 63.0 Å². The van der Waals surface area contributed by atoms with Crippen molar-refractivity contribution in [3.8, 4) is 0 Å². The van der Waals surface area contributed by atoms with Gasteiger partial charge in [0, 0.05) is 47.8 Å². The van der Waals surface area contributed by atoms with Gasteiger partial charge >= 0.3 is 0 Å². The lowest BCUT2D eigenvalue weighted by Crippen LogP contribution is -2.49. The van der Waals surface area contributed by atoms with Gasteiger partial charge in [-0.2, -0.15) is 0 Å². The highest BCUT2D eigenvalue weighted by Gasteiger charge is 2.24. The minimum atomic E-state index is 0.0251. The number of aryl methyl sites for hydroxylation is 1. The van der Waals surface area contributed by atoms with Crippen LogP contribution in [-0.2, 0) is 0 Å². The van der Waals surface area contributed by atoms with E-state index in [2.05, 4.69) is 16.8 Å². The maximum atomic E-state index is 13.3. The summed E-state index contributed by atoms with van der Waals surface area (Å²) in [6.45, 7) is 4.93. The summed E-state index contributed by atoms with van der Waals surface area (Å²) in [6, 6.07) is 19.6. The van der Waals surface area contributed by atoms with Crippen LogP contribution in [0.25, 0.3) is 27.6 Å². The van der Waals surface area contributed by atoms with E-state index in [1.807, 2.05) is 70.0 Å². The molecule has 170 valence electrons. The molecule has 0 spiro atoms. The molecule has 2 aromatic heterocycles. The number of H-pyrrole nitrogens is 1. The summed E-state index contributed by atoms with van der Waals surface area (Å²) in [5.41, 5.74) is 6.43. The number of aromatic amines is 1. The molecule has 5 aromatic rings. The van der Waals surface area contributed by atoms with Gasteiger partial charge in [0.25, 0.3) is 5.91 Å². The number of carbonyl (C=O) groups excluding carboxylic acids is 1. The van der Waals surface area contributed by atoms with E-state index in [1.54, 1.807) is 0 Å². The van der Waals surface area contributed by atoms with Crippen molar-refractivity contribution < 1.29 is 4.79 Å². The second-order valence-corrected chi connectivity index (χ2v) is 9.48. The van der Waals surface area contributed by atoms with Crippen LogP contribution in [0.1, 0.15) is 15.9 Å². The number of anilines is 1. The quantitative estimate of drug-likeness (QED) is 0.328. The zero-order chi connectivity index (χ0) is 23.4. The molecule has 1 aliphatic rings. The molecule has 0 bridgehead atoms. The molecular weight excluding hydrogens is 466 g/mol. The third-order valence-corrected chi connectivity index (χ3v) is 7.11. The second-order valence-electron chi connectivity index (χ2n) is 8.66. The number of nitrogens with zero attached hydrogens (tertiary/aromatic N) is 4. The van der Waals surface area contributed by atoms with Gasteiger partial charge in [0.05, 0.1) is 16.6 Å². The summed E-state index contributed by atoms with van der Waals surface area (Å²) < 4.78 is 2.51. The number of aromatic nitrogens is 3. The second kappa shape index (κ2) is 8.11. The average Bonchev–Trinajstić information content (AvgIpc) is 3.25. The van der Waals surface area contributed by atoms with Gasteiger partial charge < -0.3 is 14.8 Å². The minimum Gasteiger partial charge on any atom is -0.368 e. The smallest absolute Gasteiger partial charge is 0.254 e. The van der Waals surface area contributed by atoms with E-state index in [0.29, 0.717) is 23.4 Å². The molecule has 1 N–H and O–H groups in total. The number of hydrogen-bond acceptors (Lipinski definition) is 4. The van der Waals surface area contributed by atoms with Gasteiger partial charge in [-0.15, -0.1) is 0 Å². The number of amides is 1. The molecule has 0 aliphatic carbocycles. The summed E-state index contributed by atoms with van der Waals surface area (Å²) in [5, 5.41) is 1.66. The van der Waals surface area contributed by atoms with Crippen LogP contribution in [0.3, 0.4) is 0 Å². The lowest BCUT2D eigenvalue weighted by atomic mass is 10.1. The van der Waals surface area contributed by atoms with Crippen LogP contribution in [-0.4, -0.2) is 51.4 Å². The Hall–Kier alpha value is -3.42. The Labute approximate surface area is 206 Å². The Balaban J connectivity index is 1.29. The first-order chi connectivity index (χ1) is 16.5. The van der Waals surface area contributed by atoms with Crippen molar-refractivity contribution in [2.45, 2.75) is 6.92 Å². The maximum Gasteiger partial charge on any atom is 0.254 e. The molecule has 34 heavy (non-hydrogen) atoms. The van der Waals surface area contributed by atoms with Gasteiger partial charge in [0.15, 0.2) is 4.77 Å². The molecule has 8 heteroatoms. The van der Waals surface area contributed by atoms with Crippen molar-refractivity contribution in [2.24, 2.45) is 0 Å². The fourth-order valence-electron chi connectivity index (χ4n) is 4.82. The number of benzene rings is 3. The highest BCUT2D eigenvalue weighted by Crippen LogP contribution is 2.27. The van der Waals surface area contributed by atoms with Crippen LogP contribution in [0.5, 0.6) is 0 Å². The Morgan fingerprint density at radius 2 is 1.82 bits per heavy atom. The Morgan fingerprint density at radius 3 is 2.65 bits per heavy atom. The molecule has 0 radical (unpaired) electrons. The van der Waals surface area contributed by atoms with E-state index in [1.165, 1.54) is 5.56 Å². The molecule has 3 aromatic carbocycles. The Kier molecular flexibility index (Phi) is 5.04. The standard InChI is InChI=1S/C26H22ClN5OS/c1-16-6-8-18(27)15-23(16)30-10-12-31(13-11-30)25(33)17-7-9-19-21(14-17)29-26(34)32-22-5-3-2-4-20(22)28-24(19)32/h2-9,14-15H,10-13H2,1H3,(H,29,34). The van der Waals surface area contributed by atoms with Crippen molar-refractivity contribution in [2.75, 3.05) is 31.1 Å². The summed E-state index contributed by atoms with van der Waals surface area (Å²) >= 11 is 11.8. The van der Waals surface area contributed by atoms with Gasteiger partial charge in [-0.3, -0.25) is 9.20 Å². The van der Waals surface area contributed by atoms with E-state index in [4.69, 9.17) is 28.8 Å². The molecule has 6 rings (SSSR count). The molecule has 6 nitrogen and oxygen atoms in total. The Morgan fingerprint density at radius 1 is 1.03 bits per heavy atom. The fraction of sp³-hybridized carbons (Fsp3) is 0.192. The molecule has 0 unspecified atom stereocenters. The summed E-state index contributed by atoms with van der Waals surface area (Å²) in [7, 11) is 0. The lowest BCUT2D eigenvalue weighted by Gasteiger charge is -2.37. The number of rotatable bonds is 2. The third-order valence-electron chi connectivity index (χ3n) is 6.59. The van der Waals surface area contributed by atoms with Crippen LogP contribution in [0.15, 0.2) is 60.7 Å². The van der Waals surface area contributed by atoms with E-state index >= 15 is 0 Å². The number of para-hydroxylation sites is 2. The first-order valence-electron chi connectivity index (χ1n) is 11.2. The average molecular weight is 488 g/mol. The topological polar surface area (TPSA) is 56.6 Å². The lowest BCUT2D eigenvalue weighted by molar-refractivity contribution is 0.0747. The molecule has 3 heterocycles. The zero-order valence-corrected chi connectivity index (χ0v) is 20.2. The molecule has 0 atom stereocenters. The minimum absolute atomic E-state index is 0.0251. The first kappa shape index (κ1) is 21.1. The van der Waals surface area contributed by atoms with Gasteiger partial charge in [0.1, 0.15) is 5.65 Å². The number of nitrogens with one attached hydrogen (secondary N) is 1. The van der Waals surface area contributed by atoms with Crippen LogP contribution < -0.4 is 4.90 Å². The largest absolute Gasteiger partial charge is 0.368 e. The zero-order valence-electron chi connectivity index (χ0n) is 18.6. The van der Waals surface area contributed by atoms with E-state index < -0.39 is 0 Å². The predicted molar refractivity (Wildman–Crippen MR) is 140 cm³/mol. The van der Waals surface area contributed by atoms with E-state index in [9.17, 15) is 4.79 Å². The first-order valence-corrected chi connectivity index (χ1v) is 12.0. The molecular formula is C26H22ClN5OS. The van der Waals surface area contributed by atoms with Gasteiger partial charge in [-0.05, 0) is 67.2 Å². The van der Waals surface area contributed by atoms with Gasteiger partial charge in [-0.1, -0.05) is 29.8 Å². The van der Waals surface area contributed by atoms with Crippen LogP contribution in [0.4, 0.5) is 5.69 Å². The molecule has 1 aliphatic heterocycles. The molecule has 1 fully saturated rings. The number of halogens is 1. The van der Waals surface area contributed by atoms with Gasteiger partial charge in [0.2, 0.25) is 0 Å². The van der Waals surface area contributed by atoms with Crippen molar-refractivity contribution in [3.63, 3.8) is 0 Å². The number of hydrogen-bond donors (Lipinski definition) is 1. The normalized spacial score (nSPS) is 14.4. The molecule has 1 amide bonds. The summed E-state index contributed by atoms with van der Waals surface area (Å²) in [5.74, 6) is 0.0251. The highest BCUT2D eigenvalue weighted by atomic mass is 35.5. The monoisotopic (exact) mass is 487 g/mol. The number of carbonyl (C=O) groups is 1. The molecule has 0 saturated carbocycles. The van der Waals surface area contributed by atoms with Crippen LogP contribution in [0.2, 0.25) is 5.02 Å². The maximum absolute atomic E-state index is 13.3. The van der Waals surface area contributed by atoms with Crippen molar-refractivity contribution in [1.82, 2.24) is 19.3 Å². The third kappa shape index (κ3) is 3.43. The van der Waals surface area contributed by atoms with Crippen molar-refractivity contribution in [3.05, 3.63) is 81.6 Å². The predicted octanol–water partition coefficient (Wildman–Crippen LogP) is 5.62. The van der Waals surface area contributed by atoms with E-state index in [-0.39, 0.29) is 5.91 Å². The number of imidazole rings is 1. The van der Waals surface area contributed by atoms with Gasteiger partial charge in [-0.25, -0.2) is 4.98 Å². The summed E-state index contributed by atoms with van der Waals surface area (Å²) in [6.07, 6.45) is 0. The van der Waals surface area contributed by atoms with Crippen molar-refractivity contribution in [1.29, 1.82) is 0 Å². The Bertz CT molecular complexity index is 1650. The molecule has 1 saturated heterocycles. The summed E-state index contributed by atoms with van der Waals surface area (Å²) in [4.78, 5) is 25.6. The fourth-order valence-corrected chi connectivity index (χ4v) is 5.28. The van der Waals surface area contributed by atoms with E-state index in [0.717, 1.165) is 51.4 Å².